The zero-order chi connectivity index (χ0) is 19.1. The van der Waals surface area contributed by atoms with Gasteiger partial charge in [0.2, 0.25) is 0 Å². The first-order valence-electron chi connectivity index (χ1n) is 9.60. The molecule has 2 atom stereocenters. The summed E-state index contributed by atoms with van der Waals surface area (Å²) in [5.74, 6) is 0.859. The Balaban J connectivity index is 2.21. The zero-order valence-corrected chi connectivity index (χ0v) is 16.9. The minimum Gasteiger partial charge on any atom is -0.0996 e. The van der Waals surface area contributed by atoms with E-state index in [-0.39, 0.29) is 0 Å². The molecule has 0 aromatic heterocycles. The van der Waals surface area contributed by atoms with Crippen LogP contribution in [0.2, 0.25) is 0 Å². The molecule has 2 rings (SSSR count). The van der Waals surface area contributed by atoms with E-state index in [0.29, 0.717) is 11.8 Å². The minimum absolute atomic E-state index is 0.412. The topological polar surface area (TPSA) is 0 Å². The monoisotopic (exact) mass is 344 g/mol. The highest BCUT2D eigenvalue weighted by molar-refractivity contribution is 5.66. The van der Waals surface area contributed by atoms with Gasteiger partial charge in [0, 0.05) is 5.92 Å². The molecule has 0 aliphatic carbocycles. The number of benzene rings is 2. The maximum atomic E-state index is 4.05. The highest BCUT2D eigenvalue weighted by atomic mass is 14.1. The predicted octanol–water partition coefficient (Wildman–Crippen LogP) is 7.90. The van der Waals surface area contributed by atoms with Crippen LogP contribution in [0.4, 0.5) is 0 Å². The second kappa shape index (κ2) is 9.38. The number of hydrogen-bond acceptors (Lipinski definition) is 0. The summed E-state index contributed by atoms with van der Waals surface area (Å²) in [6.45, 7) is 15.0. The Kier molecular flexibility index (Phi) is 7.21. The van der Waals surface area contributed by atoms with Crippen molar-refractivity contribution in [3.63, 3.8) is 0 Å². The fraction of sp³-hybridized carbons (Fsp3) is 0.308. The molecule has 0 saturated heterocycles. The molecule has 0 nitrogen and oxygen atoms in total. The summed E-state index contributed by atoms with van der Waals surface area (Å²) in [5.41, 5.74) is 7.83. The molecule has 0 bridgehead atoms. The second-order valence-corrected chi connectivity index (χ2v) is 7.34. The van der Waals surface area contributed by atoms with Gasteiger partial charge < -0.3 is 0 Å². The standard InChI is InChI=1S/C26H32/c1-7-23(18-22(6)24-11-9-8-10-12-24)26-15-13-25(14-16-26)21(5)17-20(4)19(2)3/h8-18,20,23H,2,7H2,1,3-6H3/b21-17+,22-18+. The van der Waals surface area contributed by atoms with Crippen LogP contribution in [0.15, 0.2) is 78.9 Å². The Bertz CT molecular complexity index is 773. The third kappa shape index (κ3) is 5.33. The van der Waals surface area contributed by atoms with E-state index in [0.717, 1.165) is 6.42 Å². The summed E-state index contributed by atoms with van der Waals surface area (Å²) in [5, 5.41) is 0. The van der Waals surface area contributed by atoms with Crippen LogP contribution in [-0.2, 0) is 0 Å². The van der Waals surface area contributed by atoms with Crippen molar-refractivity contribution in [3.8, 4) is 0 Å². The molecule has 0 amide bonds. The molecule has 0 aliphatic rings. The lowest BCUT2D eigenvalue weighted by Crippen LogP contribution is -1.96. The smallest absolute Gasteiger partial charge is 0.00212 e. The number of rotatable bonds is 7. The molecule has 0 spiro atoms. The van der Waals surface area contributed by atoms with Gasteiger partial charge in [0.05, 0.1) is 0 Å². The Morgan fingerprint density at radius 3 is 1.92 bits per heavy atom. The van der Waals surface area contributed by atoms with Gasteiger partial charge in [0.1, 0.15) is 0 Å². The van der Waals surface area contributed by atoms with Gasteiger partial charge in [-0.15, -0.1) is 0 Å². The maximum Gasteiger partial charge on any atom is 0.00212 e. The molecule has 136 valence electrons. The van der Waals surface area contributed by atoms with Gasteiger partial charge in [-0.2, -0.15) is 0 Å². The van der Waals surface area contributed by atoms with Crippen molar-refractivity contribution in [2.75, 3.05) is 0 Å². The lowest BCUT2D eigenvalue weighted by molar-refractivity contribution is 0.806. The quantitative estimate of drug-likeness (QED) is 0.448. The van der Waals surface area contributed by atoms with E-state index < -0.39 is 0 Å². The van der Waals surface area contributed by atoms with Crippen molar-refractivity contribution in [3.05, 3.63) is 95.6 Å². The Hall–Kier alpha value is -2.34. The van der Waals surface area contributed by atoms with Crippen molar-refractivity contribution in [2.45, 2.75) is 47.0 Å². The van der Waals surface area contributed by atoms with Crippen LogP contribution in [0.5, 0.6) is 0 Å². The third-order valence-electron chi connectivity index (χ3n) is 5.19. The predicted molar refractivity (Wildman–Crippen MR) is 117 cm³/mol. The van der Waals surface area contributed by atoms with Crippen LogP contribution >= 0.6 is 0 Å². The van der Waals surface area contributed by atoms with Gasteiger partial charge in [-0.25, -0.2) is 0 Å². The molecule has 0 heterocycles. The van der Waals surface area contributed by atoms with Gasteiger partial charge >= 0.3 is 0 Å². The first kappa shape index (κ1) is 20.0. The van der Waals surface area contributed by atoms with Crippen molar-refractivity contribution < 1.29 is 0 Å². The zero-order valence-electron chi connectivity index (χ0n) is 16.9. The summed E-state index contributed by atoms with van der Waals surface area (Å²) < 4.78 is 0. The Morgan fingerprint density at radius 1 is 0.846 bits per heavy atom. The molecule has 26 heavy (non-hydrogen) atoms. The molecule has 2 aromatic rings. The molecule has 0 N–H and O–H groups in total. The summed E-state index contributed by atoms with van der Waals surface area (Å²) >= 11 is 0. The third-order valence-corrected chi connectivity index (χ3v) is 5.19. The summed E-state index contributed by atoms with van der Waals surface area (Å²) in [7, 11) is 0. The number of hydrogen-bond donors (Lipinski definition) is 0. The average molecular weight is 345 g/mol. The van der Waals surface area contributed by atoms with Crippen LogP contribution in [0.25, 0.3) is 11.1 Å². The Labute approximate surface area is 160 Å². The van der Waals surface area contributed by atoms with Crippen LogP contribution in [0.1, 0.15) is 63.6 Å². The van der Waals surface area contributed by atoms with E-state index in [4.69, 9.17) is 0 Å². The SMILES string of the molecule is C=C(C)C(C)/C=C(\C)c1ccc(C(/C=C(\C)c2ccccc2)CC)cc1. The van der Waals surface area contributed by atoms with E-state index in [2.05, 4.69) is 108 Å². The fourth-order valence-electron chi connectivity index (χ4n) is 3.16. The summed E-state index contributed by atoms with van der Waals surface area (Å²) in [4.78, 5) is 0. The average Bonchev–Trinajstić information content (AvgIpc) is 2.66. The van der Waals surface area contributed by atoms with Crippen LogP contribution in [-0.4, -0.2) is 0 Å². The molecule has 0 saturated carbocycles. The van der Waals surface area contributed by atoms with Crippen molar-refractivity contribution in [1.82, 2.24) is 0 Å². The maximum absolute atomic E-state index is 4.05. The highest BCUT2D eigenvalue weighted by Crippen LogP contribution is 2.27. The first-order chi connectivity index (χ1) is 12.4. The molecule has 2 aromatic carbocycles. The largest absolute Gasteiger partial charge is 0.0996 e. The Morgan fingerprint density at radius 2 is 1.38 bits per heavy atom. The van der Waals surface area contributed by atoms with Crippen molar-refractivity contribution in [2.24, 2.45) is 5.92 Å². The van der Waals surface area contributed by atoms with Crippen LogP contribution < -0.4 is 0 Å². The molecule has 0 aliphatic heterocycles. The normalized spacial score (nSPS) is 14.8. The molecule has 0 fully saturated rings. The van der Waals surface area contributed by atoms with E-state index in [1.54, 1.807) is 0 Å². The van der Waals surface area contributed by atoms with Gasteiger partial charge in [0.25, 0.3) is 0 Å². The molecular weight excluding hydrogens is 312 g/mol. The lowest BCUT2D eigenvalue weighted by Gasteiger charge is -2.14. The highest BCUT2D eigenvalue weighted by Gasteiger charge is 2.08. The summed E-state index contributed by atoms with van der Waals surface area (Å²) in [6.07, 6.45) is 5.80. The van der Waals surface area contributed by atoms with E-state index >= 15 is 0 Å². The van der Waals surface area contributed by atoms with Gasteiger partial charge in [0.15, 0.2) is 0 Å². The molecule has 0 heteroatoms. The van der Waals surface area contributed by atoms with Crippen LogP contribution in [0, 0.1) is 5.92 Å². The number of allylic oxidation sites excluding steroid dienone is 5. The van der Waals surface area contributed by atoms with Crippen LogP contribution in [0.3, 0.4) is 0 Å². The van der Waals surface area contributed by atoms with Gasteiger partial charge in [-0.05, 0) is 60.9 Å². The molecule has 2 unspecified atom stereocenters. The van der Waals surface area contributed by atoms with Gasteiger partial charge in [-0.3, -0.25) is 0 Å². The van der Waals surface area contributed by atoms with E-state index in [9.17, 15) is 0 Å². The molecular formula is C26H32. The van der Waals surface area contributed by atoms with Crippen molar-refractivity contribution >= 4 is 11.1 Å². The van der Waals surface area contributed by atoms with E-state index in [1.165, 1.54) is 33.4 Å². The van der Waals surface area contributed by atoms with Gasteiger partial charge in [-0.1, -0.05) is 92.7 Å². The minimum atomic E-state index is 0.412. The molecule has 0 radical (unpaired) electrons. The fourth-order valence-corrected chi connectivity index (χ4v) is 3.16. The van der Waals surface area contributed by atoms with E-state index in [1.807, 2.05) is 0 Å². The second-order valence-electron chi connectivity index (χ2n) is 7.34. The summed E-state index contributed by atoms with van der Waals surface area (Å²) in [6, 6.07) is 19.7. The lowest BCUT2D eigenvalue weighted by atomic mass is 9.91. The van der Waals surface area contributed by atoms with Crippen molar-refractivity contribution in [1.29, 1.82) is 0 Å². The first-order valence-corrected chi connectivity index (χ1v) is 9.60.